The van der Waals surface area contributed by atoms with Crippen molar-refractivity contribution in [3.8, 4) is 11.5 Å². The number of hydrogen-bond donors (Lipinski definition) is 0. The van der Waals surface area contributed by atoms with Crippen molar-refractivity contribution in [2.24, 2.45) is 0 Å². The Labute approximate surface area is 123 Å². The fourth-order valence-electron chi connectivity index (χ4n) is 1.83. The van der Waals surface area contributed by atoms with Crippen molar-refractivity contribution in [2.75, 3.05) is 7.11 Å². The van der Waals surface area contributed by atoms with Gasteiger partial charge >= 0.3 is 6.61 Å². The van der Waals surface area contributed by atoms with Gasteiger partial charge in [-0.1, -0.05) is 6.92 Å². The first-order valence-electron chi connectivity index (χ1n) is 6.04. The van der Waals surface area contributed by atoms with Gasteiger partial charge in [0.05, 0.1) is 12.6 Å². The summed E-state index contributed by atoms with van der Waals surface area (Å²) in [7, 11) is 1.39. The summed E-state index contributed by atoms with van der Waals surface area (Å²) in [6.45, 7) is -0.900. The molecule has 0 saturated heterocycles. The van der Waals surface area contributed by atoms with Gasteiger partial charge in [0, 0.05) is 17.9 Å². The fourth-order valence-corrected chi connectivity index (χ4v) is 2.35. The molecule has 108 valence electrons. The lowest BCUT2D eigenvalue weighted by Crippen LogP contribution is -2.04. The van der Waals surface area contributed by atoms with Crippen molar-refractivity contribution in [1.82, 2.24) is 9.97 Å². The number of ether oxygens (including phenoxy) is 2. The van der Waals surface area contributed by atoms with E-state index in [4.69, 9.17) is 4.74 Å². The van der Waals surface area contributed by atoms with E-state index in [1.54, 1.807) is 6.07 Å². The molecule has 0 bridgehead atoms. The maximum absolute atomic E-state index is 12.4. The zero-order chi connectivity index (χ0) is 14.7. The molecule has 0 atom stereocenters. The second-order valence-electron chi connectivity index (χ2n) is 4.08. The van der Waals surface area contributed by atoms with Crippen molar-refractivity contribution in [1.29, 1.82) is 0 Å². The first-order valence-corrected chi connectivity index (χ1v) is 6.83. The van der Waals surface area contributed by atoms with E-state index in [0.29, 0.717) is 27.8 Å². The van der Waals surface area contributed by atoms with Gasteiger partial charge in [-0.3, -0.25) is 0 Å². The summed E-state index contributed by atoms with van der Waals surface area (Å²) in [6.07, 6.45) is 1.61. The van der Waals surface area contributed by atoms with Crippen molar-refractivity contribution >= 4 is 26.8 Å². The zero-order valence-electron chi connectivity index (χ0n) is 11.0. The molecule has 2 rings (SSSR count). The van der Waals surface area contributed by atoms with Crippen LogP contribution in [-0.4, -0.2) is 23.7 Å². The normalized spacial score (nSPS) is 11.1. The van der Waals surface area contributed by atoms with Crippen LogP contribution in [0.4, 0.5) is 8.78 Å². The summed E-state index contributed by atoms with van der Waals surface area (Å²) < 4.78 is 34.9. The molecule has 0 amide bonds. The van der Waals surface area contributed by atoms with Gasteiger partial charge in [0.15, 0.2) is 11.5 Å². The average molecular weight is 347 g/mol. The highest BCUT2D eigenvalue weighted by atomic mass is 79.9. The Hall–Kier alpha value is -1.50. The van der Waals surface area contributed by atoms with Crippen molar-refractivity contribution in [2.45, 2.75) is 26.4 Å². The highest BCUT2D eigenvalue weighted by molar-refractivity contribution is 9.10. The van der Waals surface area contributed by atoms with Crippen LogP contribution in [0.15, 0.2) is 16.7 Å². The van der Waals surface area contributed by atoms with E-state index in [-0.39, 0.29) is 11.5 Å². The number of methoxy groups -OCH3 is 1. The number of fused-ring (bicyclic) bond motifs is 1. The lowest BCUT2D eigenvalue weighted by atomic mass is 10.2. The molecule has 4 nitrogen and oxygen atoms in total. The zero-order valence-corrected chi connectivity index (χ0v) is 12.6. The summed E-state index contributed by atoms with van der Waals surface area (Å²) in [5.74, 6) is 0.827. The van der Waals surface area contributed by atoms with E-state index in [1.807, 2.05) is 6.92 Å². The Balaban J connectivity index is 2.58. The van der Waals surface area contributed by atoms with E-state index in [1.165, 1.54) is 13.2 Å². The Morgan fingerprint density at radius 2 is 2.00 bits per heavy atom. The van der Waals surface area contributed by atoms with Crippen LogP contribution in [0.2, 0.25) is 0 Å². The van der Waals surface area contributed by atoms with Crippen molar-refractivity contribution in [3.05, 3.63) is 22.6 Å². The molecule has 0 fully saturated rings. The number of aromatic nitrogens is 2. The molecule has 0 aliphatic rings. The smallest absolute Gasteiger partial charge is 0.387 e. The predicted molar refractivity (Wildman–Crippen MR) is 74.4 cm³/mol. The van der Waals surface area contributed by atoms with Crippen molar-refractivity contribution < 1.29 is 18.3 Å². The maximum atomic E-state index is 12.4. The number of nitrogens with zero attached hydrogens (tertiary/aromatic N) is 2. The molecule has 0 aliphatic carbocycles. The van der Waals surface area contributed by atoms with Gasteiger partial charge in [-0.2, -0.15) is 8.78 Å². The van der Waals surface area contributed by atoms with E-state index in [9.17, 15) is 8.78 Å². The van der Waals surface area contributed by atoms with E-state index >= 15 is 0 Å². The predicted octanol–water partition coefficient (Wildman–Crippen LogP) is 3.95. The summed E-state index contributed by atoms with van der Waals surface area (Å²) in [4.78, 5) is 8.67. The molecule has 0 spiro atoms. The average Bonchev–Trinajstić information content (AvgIpc) is 2.37. The highest BCUT2D eigenvalue weighted by Gasteiger charge is 2.15. The van der Waals surface area contributed by atoms with Gasteiger partial charge in [-0.15, -0.1) is 0 Å². The maximum Gasteiger partial charge on any atom is 0.387 e. The molecule has 1 aromatic heterocycles. The van der Waals surface area contributed by atoms with E-state index < -0.39 is 6.61 Å². The van der Waals surface area contributed by atoms with Crippen LogP contribution in [0.1, 0.15) is 19.2 Å². The second kappa shape index (κ2) is 6.30. The monoisotopic (exact) mass is 346 g/mol. The van der Waals surface area contributed by atoms with Gasteiger partial charge in [0.1, 0.15) is 10.4 Å². The third kappa shape index (κ3) is 3.15. The third-order valence-electron chi connectivity index (χ3n) is 2.67. The van der Waals surface area contributed by atoms with Crippen LogP contribution in [0.3, 0.4) is 0 Å². The number of aryl methyl sites for hydroxylation is 1. The minimum atomic E-state index is -2.92. The standard InChI is InChI=1S/C13H13BrF2N2O2/c1-3-4-11-17-8-6-10(20-13(15)16)9(19-2)5-7(8)12(14)18-11/h5-6,13H,3-4H2,1-2H3. The van der Waals surface area contributed by atoms with Gasteiger partial charge in [-0.05, 0) is 28.4 Å². The summed E-state index contributed by atoms with van der Waals surface area (Å²) >= 11 is 3.36. The SMILES string of the molecule is CCCc1nc(Br)c2cc(OC)c(OC(F)F)cc2n1. The molecule has 0 unspecified atom stereocenters. The number of rotatable bonds is 5. The molecular weight excluding hydrogens is 334 g/mol. The molecular formula is C13H13BrF2N2O2. The molecule has 1 heterocycles. The van der Waals surface area contributed by atoms with Crippen LogP contribution >= 0.6 is 15.9 Å². The van der Waals surface area contributed by atoms with Gasteiger partial charge in [0.25, 0.3) is 0 Å². The lowest BCUT2D eigenvalue weighted by Gasteiger charge is -2.12. The van der Waals surface area contributed by atoms with Crippen molar-refractivity contribution in [3.63, 3.8) is 0 Å². The second-order valence-corrected chi connectivity index (χ2v) is 4.83. The van der Waals surface area contributed by atoms with Gasteiger partial charge < -0.3 is 9.47 Å². The largest absolute Gasteiger partial charge is 0.493 e. The summed E-state index contributed by atoms with van der Waals surface area (Å²) in [6, 6.07) is 3.01. The first kappa shape index (κ1) is 14.9. The number of halogens is 3. The molecule has 0 saturated carbocycles. The van der Waals surface area contributed by atoms with E-state index in [2.05, 4.69) is 30.6 Å². The number of hydrogen-bond acceptors (Lipinski definition) is 4. The minimum absolute atomic E-state index is 0.0388. The minimum Gasteiger partial charge on any atom is -0.493 e. The Bertz CT molecular complexity index is 623. The number of benzene rings is 1. The molecule has 0 aliphatic heterocycles. The van der Waals surface area contributed by atoms with Crippen LogP contribution in [0, 0.1) is 0 Å². The topological polar surface area (TPSA) is 44.2 Å². The van der Waals surface area contributed by atoms with Crippen LogP contribution in [-0.2, 0) is 6.42 Å². The fraction of sp³-hybridized carbons (Fsp3) is 0.385. The summed E-state index contributed by atoms with van der Waals surface area (Å²) in [5, 5.41) is 0.684. The summed E-state index contributed by atoms with van der Waals surface area (Å²) in [5.41, 5.74) is 0.534. The lowest BCUT2D eigenvalue weighted by molar-refractivity contribution is -0.0511. The van der Waals surface area contributed by atoms with Crippen LogP contribution < -0.4 is 9.47 Å². The highest BCUT2D eigenvalue weighted by Crippen LogP contribution is 2.35. The Morgan fingerprint density at radius 1 is 1.25 bits per heavy atom. The molecule has 1 aromatic carbocycles. The molecule has 0 N–H and O–H groups in total. The third-order valence-corrected chi connectivity index (χ3v) is 3.28. The Morgan fingerprint density at radius 3 is 2.60 bits per heavy atom. The molecule has 7 heteroatoms. The molecule has 20 heavy (non-hydrogen) atoms. The van der Waals surface area contributed by atoms with Gasteiger partial charge in [-0.25, -0.2) is 9.97 Å². The van der Waals surface area contributed by atoms with E-state index in [0.717, 1.165) is 6.42 Å². The molecule has 0 radical (unpaired) electrons. The quantitative estimate of drug-likeness (QED) is 0.768. The van der Waals surface area contributed by atoms with Crippen LogP contribution in [0.25, 0.3) is 10.9 Å². The molecule has 2 aromatic rings. The Kier molecular flexibility index (Phi) is 4.69. The van der Waals surface area contributed by atoms with Gasteiger partial charge in [0.2, 0.25) is 0 Å². The number of alkyl halides is 2. The first-order chi connectivity index (χ1) is 9.55. The van der Waals surface area contributed by atoms with Crippen LogP contribution in [0.5, 0.6) is 11.5 Å².